The van der Waals surface area contributed by atoms with E-state index in [0.717, 1.165) is 9.26 Å². The quantitative estimate of drug-likeness (QED) is 0.571. The lowest BCUT2D eigenvalue weighted by Crippen LogP contribution is -1.95. The van der Waals surface area contributed by atoms with Crippen LogP contribution in [0.3, 0.4) is 0 Å². The number of pyridine rings is 1. The Hall–Kier alpha value is -0.360. The molecule has 1 aromatic heterocycles. The molecule has 0 bridgehead atoms. The minimum atomic E-state index is -0.00366. The zero-order valence-electron chi connectivity index (χ0n) is 5.21. The highest BCUT2D eigenvalue weighted by Crippen LogP contribution is 2.11. The third-order valence-electron chi connectivity index (χ3n) is 1.10. The fraction of sp³-hybridized carbons (Fsp3) is 0.167. The van der Waals surface area contributed by atoms with E-state index in [1.54, 1.807) is 12.3 Å². The van der Waals surface area contributed by atoms with Crippen molar-refractivity contribution in [2.24, 2.45) is 0 Å². The van der Waals surface area contributed by atoms with Gasteiger partial charge in [-0.25, -0.2) is 4.98 Å². The lowest BCUT2D eigenvalue weighted by atomic mass is 10.3. The summed E-state index contributed by atoms with van der Waals surface area (Å²) in [5, 5.41) is 8.74. The number of anilines is 1. The maximum absolute atomic E-state index is 8.74. The SMILES string of the molecule is Nc1cnc(I)c(CO)c1. The molecule has 1 rings (SSSR count). The van der Waals surface area contributed by atoms with Crippen LogP contribution in [-0.2, 0) is 6.61 Å². The molecule has 0 saturated heterocycles. The van der Waals surface area contributed by atoms with E-state index in [2.05, 4.69) is 27.6 Å². The monoisotopic (exact) mass is 250 g/mol. The number of hydrogen-bond donors (Lipinski definition) is 2. The van der Waals surface area contributed by atoms with Gasteiger partial charge >= 0.3 is 0 Å². The van der Waals surface area contributed by atoms with Crippen LogP contribution in [0.4, 0.5) is 5.69 Å². The fourth-order valence-electron chi connectivity index (χ4n) is 0.623. The summed E-state index contributed by atoms with van der Waals surface area (Å²) in [6, 6.07) is 1.72. The summed E-state index contributed by atoms with van der Waals surface area (Å²) in [6.07, 6.45) is 1.57. The molecule has 0 aliphatic heterocycles. The Bertz CT molecular complexity index is 239. The number of aromatic nitrogens is 1. The largest absolute Gasteiger partial charge is 0.397 e. The van der Waals surface area contributed by atoms with Crippen LogP contribution in [0.5, 0.6) is 0 Å². The summed E-state index contributed by atoms with van der Waals surface area (Å²) in [7, 11) is 0. The Morgan fingerprint density at radius 1 is 1.70 bits per heavy atom. The van der Waals surface area contributed by atoms with Gasteiger partial charge in [-0.2, -0.15) is 0 Å². The molecule has 10 heavy (non-hydrogen) atoms. The molecule has 3 N–H and O–H groups in total. The number of nitrogen functional groups attached to an aromatic ring is 1. The van der Waals surface area contributed by atoms with E-state index in [-0.39, 0.29) is 6.61 Å². The van der Waals surface area contributed by atoms with E-state index in [1.165, 1.54) is 0 Å². The highest BCUT2D eigenvalue weighted by Gasteiger charge is 1.98. The molecule has 0 atom stereocenters. The Morgan fingerprint density at radius 2 is 2.40 bits per heavy atom. The van der Waals surface area contributed by atoms with Gasteiger partial charge in [-0.3, -0.25) is 0 Å². The number of nitrogens with two attached hydrogens (primary N) is 1. The molecule has 0 aromatic carbocycles. The molecule has 0 amide bonds. The first kappa shape index (κ1) is 7.74. The summed E-state index contributed by atoms with van der Waals surface area (Å²) >= 11 is 2.05. The van der Waals surface area contributed by atoms with E-state index in [9.17, 15) is 0 Å². The van der Waals surface area contributed by atoms with Crippen molar-refractivity contribution in [1.29, 1.82) is 0 Å². The van der Waals surface area contributed by atoms with Gasteiger partial charge in [-0.1, -0.05) is 0 Å². The molecule has 0 radical (unpaired) electrons. The van der Waals surface area contributed by atoms with Gasteiger partial charge in [0, 0.05) is 5.56 Å². The molecule has 54 valence electrons. The minimum absolute atomic E-state index is 0.00366. The summed E-state index contributed by atoms with van der Waals surface area (Å²) in [5.74, 6) is 0. The molecule has 1 aromatic rings. The molecule has 0 spiro atoms. The van der Waals surface area contributed by atoms with E-state index in [4.69, 9.17) is 10.8 Å². The summed E-state index contributed by atoms with van der Waals surface area (Å²) < 4.78 is 0.800. The Balaban J connectivity index is 3.09. The zero-order chi connectivity index (χ0) is 7.56. The first-order valence-electron chi connectivity index (χ1n) is 2.75. The van der Waals surface area contributed by atoms with Crippen molar-refractivity contribution in [2.75, 3.05) is 5.73 Å². The second-order valence-corrected chi connectivity index (χ2v) is 2.90. The summed E-state index contributed by atoms with van der Waals surface area (Å²) in [5.41, 5.74) is 6.79. The maximum Gasteiger partial charge on any atom is 0.107 e. The van der Waals surface area contributed by atoms with Crippen LogP contribution in [0.25, 0.3) is 0 Å². The molecule has 0 aliphatic carbocycles. The maximum atomic E-state index is 8.74. The van der Waals surface area contributed by atoms with Crippen LogP contribution in [0.1, 0.15) is 5.56 Å². The number of aliphatic hydroxyl groups excluding tert-OH is 1. The average molecular weight is 250 g/mol. The van der Waals surface area contributed by atoms with Crippen LogP contribution in [0.2, 0.25) is 0 Å². The second-order valence-electron chi connectivity index (χ2n) is 1.88. The van der Waals surface area contributed by atoms with E-state index in [1.807, 2.05) is 0 Å². The van der Waals surface area contributed by atoms with Gasteiger partial charge in [0.2, 0.25) is 0 Å². The van der Waals surface area contributed by atoms with Crippen molar-refractivity contribution < 1.29 is 5.11 Å². The second kappa shape index (κ2) is 3.16. The molecule has 4 heteroatoms. The number of halogens is 1. The summed E-state index contributed by atoms with van der Waals surface area (Å²) in [4.78, 5) is 3.95. The lowest BCUT2D eigenvalue weighted by molar-refractivity contribution is 0.280. The minimum Gasteiger partial charge on any atom is -0.397 e. The average Bonchev–Trinajstić information content (AvgIpc) is 1.94. The smallest absolute Gasteiger partial charge is 0.107 e. The number of nitrogens with zero attached hydrogens (tertiary/aromatic N) is 1. The van der Waals surface area contributed by atoms with Crippen LogP contribution >= 0.6 is 22.6 Å². The van der Waals surface area contributed by atoms with E-state index < -0.39 is 0 Å². The van der Waals surface area contributed by atoms with Gasteiger partial charge in [0.15, 0.2) is 0 Å². The van der Waals surface area contributed by atoms with Gasteiger partial charge in [0.25, 0.3) is 0 Å². The Labute approximate surface area is 72.4 Å². The van der Waals surface area contributed by atoms with Crippen molar-refractivity contribution >= 4 is 28.3 Å². The fourth-order valence-corrected chi connectivity index (χ4v) is 1.09. The molecular weight excluding hydrogens is 243 g/mol. The first-order chi connectivity index (χ1) is 4.74. The molecule has 0 fully saturated rings. The van der Waals surface area contributed by atoms with Crippen molar-refractivity contribution in [2.45, 2.75) is 6.61 Å². The third kappa shape index (κ3) is 1.57. The van der Waals surface area contributed by atoms with E-state index >= 15 is 0 Å². The van der Waals surface area contributed by atoms with Crippen LogP contribution < -0.4 is 5.73 Å². The van der Waals surface area contributed by atoms with Crippen LogP contribution in [0, 0.1) is 3.70 Å². The first-order valence-corrected chi connectivity index (χ1v) is 3.82. The predicted molar refractivity (Wildman–Crippen MR) is 47.3 cm³/mol. The van der Waals surface area contributed by atoms with Gasteiger partial charge < -0.3 is 10.8 Å². The van der Waals surface area contributed by atoms with Crippen LogP contribution in [-0.4, -0.2) is 10.1 Å². The lowest BCUT2D eigenvalue weighted by Gasteiger charge is -1.99. The number of rotatable bonds is 1. The Morgan fingerprint density at radius 3 is 2.90 bits per heavy atom. The molecule has 0 aliphatic rings. The third-order valence-corrected chi connectivity index (χ3v) is 2.07. The van der Waals surface area contributed by atoms with Gasteiger partial charge in [0.05, 0.1) is 18.5 Å². The van der Waals surface area contributed by atoms with Crippen LogP contribution in [0.15, 0.2) is 12.3 Å². The molecule has 1 heterocycles. The van der Waals surface area contributed by atoms with Gasteiger partial charge in [-0.05, 0) is 28.7 Å². The van der Waals surface area contributed by atoms with Crippen molar-refractivity contribution in [3.8, 4) is 0 Å². The normalized spacial score (nSPS) is 9.80. The standard InChI is InChI=1S/C6H7IN2O/c7-6-4(3-10)1-5(8)2-9-6/h1-2,10H,3,8H2. The zero-order valence-corrected chi connectivity index (χ0v) is 7.37. The number of hydrogen-bond acceptors (Lipinski definition) is 3. The van der Waals surface area contributed by atoms with E-state index in [0.29, 0.717) is 5.69 Å². The molecule has 0 unspecified atom stereocenters. The number of aliphatic hydroxyl groups is 1. The molecular formula is C6H7IN2O. The van der Waals surface area contributed by atoms with Gasteiger partial charge in [-0.15, -0.1) is 0 Å². The Kier molecular flexibility index (Phi) is 2.44. The highest BCUT2D eigenvalue weighted by molar-refractivity contribution is 14.1. The van der Waals surface area contributed by atoms with Gasteiger partial charge in [0.1, 0.15) is 3.70 Å². The van der Waals surface area contributed by atoms with Crippen molar-refractivity contribution in [1.82, 2.24) is 4.98 Å². The summed E-state index contributed by atoms with van der Waals surface area (Å²) in [6.45, 7) is -0.00366. The molecule has 0 saturated carbocycles. The van der Waals surface area contributed by atoms with Crippen molar-refractivity contribution in [3.63, 3.8) is 0 Å². The molecule has 3 nitrogen and oxygen atoms in total. The van der Waals surface area contributed by atoms with Crippen molar-refractivity contribution in [3.05, 3.63) is 21.5 Å². The highest BCUT2D eigenvalue weighted by atomic mass is 127. The predicted octanol–water partition coefficient (Wildman–Crippen LogP) is 0.761. The topological polar surface area (TPSA) is 59.1 Å².